The van der Waals surface area contributed by atoms with Crippen LogP contribution in [0.2, 0.25) is 0 Å². The predicted octanol–water partition coefficient (Wildman–Crippen LogP) is 1.89. The summed E-state index contributed by atoms with van der Waals surface area (Å²) in [7, 11) is 0. The average molecular weight is 257 g/mol. The summed E-state index contributed by atoms with van der Waals surface area (Å²) in [6.45, 7) is 6.09. The summed E-state index contributed by atoms with van der Waals surface area (Å²) < 4.78 is 17.9. The third-order valence-corrected chi connectivity index (χ3v) is 1.95. The van der Waals surface area contributed by atoms with Crippen LogP contribution >= 0.6 is 0 Å². The minimum absolute atomic E-state index is 0.117. The van der Waals surface area contributed by atoms with Crippen LogP contribution < -0.4 is 10.2 Å². The molecule has 0 aliphatic heterocycles. The first-order valence-corrected chi connectivity index (χ1v) is 5.84. The highest BCUT2D eigenvalue weighted by atomic mass is 19.1. The smallest absolute Gasteiger partial charge is 0.123 e. The van der Waals surface area contributed by atoms with E-state index in [9.17, 15) is 9.50 Å². The zero-order valence-corrected chi connectivity index (χ0v) is 10.9. The molecule has 1 unspecified atom stereocenters. The van der Waals surface area contributed by atoms with Gasteiger partial charge in [0.25, 0.3) is 0 Å². The number of ether oxygens (including phenoxy) is 1. The van der Waals surface area contributed by atoms with E-state index < -0.39 is 6.10 Å². The Bertz CT molecular complexity index is 348. The Balaban J connectivity index is 2.21. The van der Waals surface area contributed by atoms with Gasteiger partial charge in [-0.05, 0) is 45.0 Å². The summed E-state index contributed by atoms with van der Waals surface area (Å²) in [5, 5.41) is 9.62. The molecule has 5 heteroatoms. The van der Waals surface area contributed by atoms with E-state index in [-0.39, 0.29) is 24.6 Å². The van der Waals surface area contributed by atoms with Gasteiger partial charge in [0.1, 0.15) is 24.3 Å². The molecule has 0 fully saturated rings. The first-order chi connectivity index (χ1) is 8.37. The normalized spacial score (nSPS) is 13.4. The molecule has 18 heavy (non-hydrogen) atoms. The van der Waals surface area contributed by atoms with Crippen molar-refractivity contribution < 1.29 is 19.1 Å². The summed E-state index contributed by atoms with van der Waals surface area (Å²) in [4.78, 5) is 5.25. The zero-order chi connectivity index (χ0) is 13.6. The Morgan fingerprint density at radius 2 is 1.89 bits per heavy atom. The Morgan fingerprint density at radius 1 is 1.28 bits per heavy atom. The van der Waals surface area contributed by atoms with Crippen molar-refractivity contribution in [3.05, 3.63) is 30.1 Å². The highest BCUT2D eigenvalue weighted by molar-refractivity contribution is 5.22. The number of hydroxylamine groups is 1. The van der Waals surface area contributed by atoms with Gasteiger partial charge in [-0.1, -0.05) is 0 Å². The van der Waals surface area contributed by atoms with E-state index in [1.807, 2.05) is 20.8 Å². The van der Waals surface area contributed by atoms with E-state index in [0.717, 1.165) is 0 Å². The number of aliphatic hydroxyl groups is 1. The maximum atomic E-state index is 12.6. The second-order valence-electron chi connectivity index (χ2n) is 4.98. The Hall–Kier alpha value is -1.17. The lowest BCUT2D eigenvalue weighted by molar-refractivity contribution is -0.0857. The van der Waals surface area contributed by atoms with Gasteiger partial charge in [-0.3, -0.25) is 4.84 Å². The lowest BCUT2D eigenvalue weighted by Crippen LogP contribution is -2.36. The van der Waals surface area contributed by atoms with Crippen LogP contribution in [0.5, 0.6) is 5.75 Å². The van der Waals surface area contributed by atoms with Gasteiger partial charge in [-0.15, -0.1) is 0 Å². The average Bonchev–Trinajstić information content (AvgIpc) is 2.26. The van der Waals surface area contributed by atoms with E-state index in [1.54, 1.807) is 0 Å². The van der Waals surface area contributed by atoms with Gasteiger partial charge in [0.15, 0.2) is 0 Å². The van der Waals surface area contributed by atoms with Crippen molar-refractivity contribution in [1.82, 2.24) is 5.48 Å². The van der Waals surface area contributed by atoms with Gasteiger partial charge < -0.3 is 9.84 Å². The molecule has 1 rings (SSSR count). The second kappa shape index (κ2) is 6.68. The molecule has 1 aromatic carbocycles. The fraction of sp³-hybridized carbons (Fsp3) is 0.538. The molecule has 0 heterocycles. The van der Waals surface area contributed by atoms with Crippen molar-refractivity contribution in [3.63, 3.8) is 0 Å². The van der Waals surface area contributed by atoms with Crippen molar-refractivity contribution >= 4 is 0 Å². The van der Waals surface area contributed by atoms with Crippen LogP contribution in [-0.2, 0) is 4.84 Å². The second-order valence-corrected chi connectivity index (χ2v) is 4.98. The van der Waals surface area contributed by atoms with Gasteiger partial charge in [0.2, 0.25) is 0 Å². The maximum Gasteiger partial charge on any atom is 0.123 e. The number of aliphatic hydroxyl groups excluding tert-OH is 1. The molecule has 102 valence electrons. The van der Waals surface area contributed by atoms with Crippen molar-refractivity contribution in [1.29, 1.82) is 0 Å². The number of hydrogen-bond acceptors (Lipinski definition) is 4. The van der Waals surface area contributed by atoms with Gasteiger partial charge in [0, 0.05) is 0 Å². The minimum Gasteiger partial charge on any atom is -0.491 e. The Kier molecular flexibility index (Phi) is 5.53. The molecule has 0 spiro atoms. The van der Waals surface area contributed by atoms with E-state index in [2.05, 4.69) is 5.48 Å². The SMILES string of the molecule is CC(C)(C)ONCC(O)COc1ccc(F)cc1. The molecule has 2 N–H and O–H groups in total. The highest BCUT2D eigenvalue weighted by Gasteiger charge is 2.12. The monoisotopic (exact) mass is 257 g/mol. The molecular formula is C13H20FNO3. The summed E-state index contributed by atoms with van der Waals surface area (Å²) in [5.41, 5.74) is 2.37. The molecule has 0 saturated carbocycles. The van der Waals surface area contributed by atoms with Crippen molar-refractivity contribution in [3.8, 4) is 5.75 Å². The standard InChI is InChI=1S/C13H20FNO3/c1-13(2,3)18-15-8-11(16)9-17-12-6-4-10(14)5-7-12/h4-7,11,15-16H,8-9H2,1-3H3. The summed E-state index contributed by atoms with van der Waals surface area (Å²) in [6.07, 6.45) is -0.697. The quantitative estimate of drug-likeness (QED) is 0.764. The Morgan fingerprint density at radius 3 is 2.44 bits per heavy atom. The fourth-order valence-corrected chi connectivity index (χ4v) is 1.14. The molecule has 0 amide bonds. The molecule has 1 atom stereocenters. The van der Waals surface area contributed by atoms with Crippen LogP contribution in [0.25, 0.3) is 0 Å². The number of rotatable bonds is 6. The molecule has 0 aromatic heterocycles. The minimum atomic E-state index is -0.697. The molecule has 0 bridgehead atoms. The van der Waals surface area contributed by atoms with Gasteiger partial charge in [-0.25, -0.2) is 4.39 Å². The van der Waals surface area contributed by atoms with Crippen molar-refractivity contribution in [2.45, 2.75) is 32.5 Å². The van der Waals surface area contributed by atoms with E-state index >= 15 is 0 Å². The largest absolute Gasteiger partial charge is 0.491 e. The molecule has 0 aliphatic carbocycles. The van der Waals surface area contributed by atoms with Crippen LogP contribution in [-0.4, -0.2) is 30.0 Å². The van der Waals surface area contributed by atoms with Crippen LogP contribution in [0.4, 0.5) is 4.39 Å². The molecule has 1 aromatic rings. The Labute approximate surface area is 107 Å². The fourth-order valence-electron chi connectivity index (χ4n) is 1.14. The highest BCUT2D eigenvalue weighted by Crippen LogP contribution is 2.11. The van der Waals surface area contributed by atoms with Crippen molar-refractivity contribution in [2.75, 3.05) is 13.2 Å². The first kappa shape index (κ1) is 14.9. The van der Waals surface area contributed by atoms with E-state index in [4.69, 9.17) is 9.57 Å². The molecule has 4 nitrogen and oxygen atoms in total. The van der Waals surface area contributed by atoms with Crippen LogP contribution in [0.1, 0.15) is 20.8 Å². The van der Waals surface area contributed by atoms with E-state index in [1.165, 1.54) is 24.3 Å². The summed E-state index contributed by atoms with van der Waals surface area (Å²) in [5.74, 6) is 0.204. The molecule has 0 radical (unpaired) electrons. The maximum absolute atomic E-state index is 12.6. The molecular weight excluding hydrogens is 237 g/mol. The van der Waals surface area contributed by atoms with Crippen LogP contribution in [0.3, 0.4) is 0 Å². The zero-order valence-electron chi connectivity index (χ0n) is 10.9. The molecule has 0 saturated heterocycles. The predicted molar refractivity (Wildman–Crippen MR) is 66.7 cm³/mol. The number of halogens is 1. The lowest BCUT2D eigenvalue weighted by atomic mass is 10.2. The number of benzene rings is 1. The van der Waals surface area contributed by atoms with Gasteiger partial charge in [-0.2, -0.15) is 5.48 Å². The van der Waals surface area contributed by atoms with Crippen LogP contribution in [0.15, 0.2) is 24.3 Å². The van der Waals surface area contributed by atoms with Crippen molar-refractivity contribution in [2.24, 2.45) is 0 Å². The molecule has 0 aliphatic rings. The van der Waals surface area contributed by atoms with E-state index in [0.29, 0.717) is 5.75 Å². The lowest BCUT2D eigenvalue weighted by Gasteiger charge is -2.21. The van der Waals surface area contributed by atoms with Crippen LogP contribution in [0, 0.1) is 5.82 Å². The topological polar surface area (TPSA) is 50.7 Å². The third-order valence-electron chi connectivity index (χ3n) is 1.95. The summed E-state index contributed by atoms with van der Waals surface area (Å²) in [6, 6.07) is 5.65. The van der Waals surface area contributed by atoms with Gasteiger partial charge in [0.05, 0.1) is 12.1 Å². The third kappa shape index (κ3) is 6.54. The number of hydrogen-bond donors (Lipinski definition) is 2. The first-order valence-electron chi connectivity index (χ1n) is 5.84. The summed E-state index contributed by atoms with van der Waals surface area (Å²) >= 11 is 0. The number of nitrogens with one attached hydrogen (secondary N) is 1. The van der Waals surface area contributed by atoms with Gasteiger partial charge >= 0.3 is 0 Å².